The number of aliphatic hydroxyl groups is 3. The van der Waals surface area contributed by atoms with Gasteiger partial charge in [0, 0.05) is 14.1 Å². The fraction of sp³-hybridized carbons (Fsp3) is 0.583. The third kappa shape index (κ3) is 2.48. The number of aromatic nitrogens is 4. The molecule has 0 spiro atoms. The number of nitrogens with zero attached hydrogens (tertiary/aromatic N) is 5. The van der Waals surface area contributed by atoms with Crippen molar-refractivity contribution in [2.24, 2.45) is 0 Å². The molecule has 2 aromatic rings. The highest BCUT2D eigenvalue weighted by Crippen LogP contribution is 2.35. The number of hydrogen-bond acceptors (Lipinski definition) is 9. The van der Waals surface area contributed by atoms with E-state index >= 15 is 0 Å². The fourth-order valence-corrected chi connectivity index (χ4v) is 2.84. The number of imidazole rings is 1. The normalized spacial score (nSPS) is 27.7. The van der Waals surface area contributed by atoms with E-state index in [2.05, 4.69) is 15.0 Å². The third-order valence-corrected chi connectivity index (χ3v) is 3.96. The Morgan fingerprint density at radius 1 is 1.26 bits per heavy atom. The summed E-state index contributed by atoms with van der Waals surface area (Å²) in [6.45, 7) is -0.445. The van der Waals surface area contributed by atoms with Gasteiger partial charge in [0.2, 0.25) is 11.2 Å². The SMILES string of the molecule is CN(C)c1nc(N)nc2c1nc(Cl)n2[C@@H]1O[C@H](CO)[C@@H](O)[C@H]1O. The van der Waals surface area contributed by atoms with Crippen LogP contribution in [-0.4, -0.2) is 73.9 Å². The molecule has 0 radical (unpaired) electrons. The molecule has 23 heavy (non-hydrogen) atoms. The Morgan fingerprint density at radius 2 is 1.96 bits per heavy atom. The molecule has 2 aromatic heterocycles. The average Bonchev–Trinajstić information content (AvgIpc) is 2.95. The minimum absolute atomic E-state index is 0.00200. The lowest BCUT2D eigenvalue weighted by molar-refractivity contribution is -0.0509. The summed E-state index contributed by atoms with van der Waals surface area (Å²) in [7, 11) is 3.53. The molecular weight excluding hydrogens is 328 g/mol. The topological polar surface area (TPSA) is 143 Å². The van der Waals surface area contributed by atoms with E-state index in [0.29, 0.717) is 11.3 Å². The first-order valence-electron chi connectivity index (χ1n) is 6.86. The van der Waals surface area contributed by atoms with Gasteiger partial charge in [-0.15, -0.1) is 0 Å². The molecule has 0 amide bonds. The average molecular weight is 345 g/mol. The molecule has 5 N–H and O–H groups in total. The molecule has 126 valence electrons. The molecule has 0 bridgehead atoms. The summed E-state index contributed by atoms with van der Waals surface area (Å²) in [5, 5.41) is 29.3. The number of halogens is 1. The highest BCUT2D eigenvalue weighted by Gasteiger charge is 2.45. The molecule has 0 unspecified atom stereocenters. The van der Waals surface area contributed by atoms with Gasteiger partial charge in [0.05, 0.1) is 6.61 Å². The van der Waals surface area contributed by atoms with Gasteiger partial charge >= 0.3 is 0 Å². The Bertz CT molecular complexity index is 738. The smallest absolute Gasteiger partial charge is 0.224 e. The van der Waals surface area contributed by atoms with Crippen LogP contribution in [0.1, 0.15) is 6.23 Å². The highest BCUT2D eigenvalue weighted by molar-refractivity contribution is 6.29. The first kappa shape index (κ1) is 16.1. The van der Waals surface area contributed by atoms with Gasteiger partial charge in [0.1, 0.15) is 18.3 Å². The fourth-order valence-electron chi connectivity index (χ4n) is 2.58. The largest absolute Gasteiger partial charge is 0.394 e. The van der Waals surface area contributed by atoms with Gasteiger partial charge in [-0.2, -0.15) is 9.97 Å². The van der Waals surface area contributed by atoms with Crippen LogP contribution in [0.5, 0.6) is 0 Å². The highest BCUT2D eigenvalue weighted by atomic mass is 35.5. The van der Waals surface area contributed by atoms with E-state index in [-0.39, 0.29) is 16.9 Å². The predicted molar refractivity (Wildman–Crippen MR) is 82.1 cm³/mol. The molecule has 0 aliphatic carbocycles. The molecule has 1 saturated heterocycles. The summed E-state index contributed by atoms with van der Waals surface area (Å²) < 4.78 is 6.81. The van der Waals surface area contributed by atoms with E-state index in [1.54, 1.807) is 19.0 Å². The molecule has 0 saturated carbocycles. The lowest BCUT2D eigenvalue weighted by atomic mass is 10.1. The number of nitrogens with two attached hydrogens (primary N) is 1. The van der Waals surface area contributed by atoms with Crippen LogP contribution < -0.4 is 10.6 Å². The van der Waals surface area contributed by atoms with Gasteiger partial charge in [-0.25, -0.2) is 4.98 Å². The number of aliphatic hydroxyl groups excluding tert-OH is 3. The number of rotatable bonds is 3. The number of fused-ring (bicyclic) bond motifs is 1. The summed E-state index contributed by atoms with van der Waals surface area (Å²) >= 11 is 6.17. The van der Waals surface area contributed by atoms with E-state index in [1.807, 2.05) is 0 Å². The molecule has 4 atom stereocenters. The lowest BCUT2D eigenvalue weighted by Crippen LogP contribution is -2.33. The van der Waals surface area contributed by atoms with Crippen LogP contribution in [0.25, 0.3) is 11.2 Å². The van der Waals surface area contributed by atoms with Gasteiger partial charge in [0.15, 0.2) is 23.2 Å². The molecule has 11 heteroatoms. The third-order valence-electron chi connectivity index (χ3n) is 3.69. The summed E-state index contributed by atoms with van der Waals surface area (Å²) in [6.07, 6.45) is -4.55. The minimum Gasteiger partial charge on any atom is -0.394 e. The van der Waals surface area contributed by atoms with Gasteiger partial charge in [-0.05, 0) is 11.6 Å². The second-order valence-corrected chi connectivity index (χ2v) is 5.79. The Hall–Kier alpha value is -1.72. The van der Waals surface area contributed by atoms with Gasteiger partial charge in [0.25, 0.3) is 0 Å². The van der Waals surface area contributed by atoms with E-state index < -0.39 is 31.1 Å². The summed E-state index contributed by atoms with van der Waals surface area (Å²) in [4.78, 5) is 14.1. The van der Waals surface area contributed by atoms with Crippen LogP contribution in [-0.2, 0) is 4.74 Å². The van der Waals surface area contributed by atoms with Crippen molar-refractivity contribution >= 4 is 34.5 Å². The van der Waals surface area contributed by atoms with E-state index in [9.17, 15) is 15.3 Å². The quantitative estimate of drug-likeness (QED) is 0.501. The monoisotopic (exact) mass is 344 g/mol. The van der Waals surface area contributed by atoms with Crippen LogP contribution in [0, 0.1) is 0 Å². The van der Waals surface area contributed by atoms with Crippen molar-refractivity contribution in [2.75, 3.05) is 31.3 Å². The molecule has 3 rings (SSSR count). The maximum absolute atomic E-state index is 10.2. The maximum atomic E-state index is 10.2. The molecule has 10 nitrogen and oxygen atoms in total. The standard InChI is InChI=1S/C12H17ClN6O4/c1-18(2)8-5-9(17-12(14)16-8)19(11(13)15-5)10-7(22)6(21)4(3-20)23-10/h4,6-7,10,20-22H,3H2,1-2H3,(H2,14,16,17)/t4-,6-,7-,10-/m1/s1. The van der Waals surface area contributed by atoms with Crippen LogP contribution in [0.3, 0.4) is 0 Å². The Labute approximate surface area is 136 Å². The first-order valence-corrected chi connectivity index (χ1v) is 7.23. The molecule has 1 aliphatic heterocycles. The maximum Gasteiger partial charge on any atom is 0.224 e. The van der Waals surface area contributed by atoms with Crippen LogP contribution >= 0.6 is 11.6 Å². The van der Waals surface area contributed by atoms with Crippen molar-refractivity contribution in [1.82, 2.24) is 19.5 Å². The lowest BCUT2D eigenvalue weighted by Gasteiger charge is -2.18. The van der Waals surface area contributed by atoms with Gasteiger partial charge in [-0.3, -0.25) is 4.57 Å². The Kier molecular flexibility index (Phi) is 4.02. The number of anilines is 2. The number of hydrogen-bond donors (Lipinski definition) is 4. The van der Waals surface area contributed by atoms with Crippen LogP contribution in [0.15, 0.2) is 0 Å². The zero-order valence-electron chi connectivity index (χ0n) is 12.5. The van der Waals surface area contributed by atoms with Crippen molar-refractivity contribution in [1.29, 1.82) is 0 Å². The molecule has 1 fully saturated rings. The zero-order chi connectivity index (χ0) is 16.9. The van der Waals surface area contributed by atoms with Crippen molar-refractivity contribution in [3.05, 3.63) is 5.28 Å². The predicted octanol–water partition coefficient (Wildman–Crippen LogP) is -1.26. The molecule has 1 aliphatic rings. The van der Waals surface area contributed by atoms with Crippen molar-refractivity contribution in [2.45, 2.75) is 24.5 Å². The first-order chi connectivity index (χ1) is 10.8. The second kappa shape index (κ2) is 5.73. The molecule has 3 heterocycles. The molecule has 0 aromatic carbocycles. The summed E-state index contributed by atoms with van der Waals surface area (Å²) in [6, 6.07) is 0. The van der Waals surface area contributed by atoms with E-state index in [4.69, 9.17) is 22.1 Å². The Balaban J connectivity index is 2.17. The second-order valence-electron chi connectivity index (χ2n) is 5.45. The number of nitrogen functional groups attached to an aromatic ring is 1. The van der Waals surface area contributed by atoms with Crippen molar-refractivity contribution in [3.8, 4) is 0 Å². The van der Waals surface area contributed by atoms with E-state index in [1.165, 1.54) is 4.57 Å². The van der Waals surface area contributed by atoms with Crippen LogP contribution in [0.2, 0.25) is 5.28 Å². The minimum atomic E-state index is -1.30. The molecular formula is C12H17ClN6O4. The van der Waals surface area contributed by atoms with Gasteiger partial charge in [-0.1, -0.05) is 0 Å². The summed E-state index contributed by atoms with van der Waals surface area (Å²) in [5.74, 6) is 0.464. The van der Waals surface area contributed by atoms with Crippen molar-refractivity contribution in [3.63, 3.8) is 0 Å². The van der Waals surface area contributed by atoms with Gasteiger partial charge < -0.3 is 30.7 Å². The van der Waals surface area contributed by atoms with Crippen LogP contribution in [0.4, 0.5) is 11.8 Å². The summed E-state index contributed by atoms with van der Waals surface area (Å²) in [5.41, 5.74) is 6.38. The zero-order valence-corrected chi connectivity index (χ0v) is 13.2. The van der Waals surface area contributed by atoms with Crippen molar-refractivity contribution < 1.29 is 20.1 Å². The van der Waals surface area contributed by atoms with E-state index in [0.717, 1.165) is 0 Å². The number of ether oxygens (including phenoxy) is 1. The Morgan fingerprint density at radius 3 is 2.52 bits per heavy atom.